The van der Waals surface area contributed by atoms with Crippen molar-refractivity contribution in [3.8, 4) is 5.88 Å². The zero-order chi connectivity index (χ0) is 14.6. The third kappa shape index (κ3) is 6.84. The van der Waals surface area contributed by atoms with Gasteiger partial charge >= 0.3 is 0 Å². The van der Waals surface area contributed by atoms with Crippen LogP contribution in [0.3, 0.4) is 0 Å². The smallest absolute Gasteiger partial charge is 0.213 e. The molecule has 0 aliphatic rings. The number of aliphatic hydroxyl groups excluding tert-OH is 1. The molecule has 0 bridgehead atoms. The molecule has 0 unspecified atom stereocenters. The fourth-order valence-electron chi connectivity index (χ4n) is 1.75. The Kier molecular flexibility index (Phi) is 8.95. The van der Waals surface area contributed by atoms with Crippen molar-refractivity contribution in [3.63, 3.8) is 0 Å². The Hall–Kier alpha value is -1.17. The molecule has 1 aromatic rings. The average molecular weight is 283 g/mol. The summed E-state index contributed by atoms with van der Waals surface area (Å²) in [5, 5.41) is 9.23. The molecular weight excluding hydrogens is 258 g/mol. The van der Waals surface area contributed by atoms with Gasteiger partial charge in [-0.1, -0.05) is 13.3 Å². The molecule has 1 N–H and O–H groups in total. The normalized spacial score (nSPS) is 10.8. The molecule has 0 saturated carbocycles. The second kappa shape index (κ2) is 10.6. The fourth-order valence-corrected chi connectivity index (χ4v) is 1.75. The van der Waals surface area contributed by atoms with Crippen LogP contribution in [0.15, 0.2) is 12.1 Å². The molecule has 0 saturated heterocycles. The SMILES string of the molecule is CCCc1cc(CO)cc(OCCCOCCOC)n1. The molecule has 0 aliphatic carbocycles. The van der Waals surface area contributed by atoms with Crippen molar-refractivity contribution in [2.24, 2.45) is 0 Å². The molecule has 0 aliphatic heterocycles. The van der Waals surface area contributed by atoms with Crippen LogP contribution in [0.5, 0.6) is 5.88 Å². The summed E-state index contributed by atoms with van der Waals surface area (Å²) in [6.07, 6.45) is 2.72. The van der Waals surface area contributed by atoms with Crippen LogP contribution in [0.4, 0.5) is 0 Å². The van der Waals surface area contributed by atoms with Crippen molar-refractivity contribution in [3.05, 3.63) is 23.4 Å². The van der Waals surface area contributed by atoms with Crippen molar-refractivity contribution in [1.29, 1.82) is 0 Å². The van der Waals surface area contributed by atoms with Gasteiger partial charge in [-0.2, -0.15) is 0 Å². The molecule has 5 heteroatoms. The molecule has 0 spiro atoms. The van der Waals surface area contributed by atoms with E-state index in [1.165, 1.54) is 0 Å². The lowest BCUT2D eigenvalue weighted by atomic mass is 10.2. The molecule has 20 heavy (non-hydrogen) atoms. The Balaban J connectivity index is 2.33. The monoisotopic (exact) mass is 283 g/mol. The lowest BCUT2D eigenvalue weighted by Crippen LogP contribution is -2.08. The predicted molar refractivity (Wildman–Crippen MR) is 77.0 cm³/mol. The molecule has 1 heterocycles. The molecule has 1 rings (SSSR count). The van der Waals surface area contributed by atoms with Crippen molar-refractivity contribution >= 4 is 0 Å². The van der Waals surface area contributed by atoms with Crippen LogP contribution in [0.1, 0.15) is 31.0 Å². The Morgan fingerprint density at radius 3 is 2.70 bits per heavy atom. The third-order valence-electron chi connectivity index (χ3n) is 2.72. The zero-order valence-corrected chi connectivity index (χ0v) is 12.4. The van der Waals surface area contributed by atoms with Crippen molar-refractivity contribution < 1.29 is 19.3 Å². The third-order valence-corrected chi connectivity index (χ3v) is 2.72. The van der Waals surface area contributed by atoms with Gasteiger partial charge < -0.3 is 19.3 Å². The van der Waals surface area contributed by atoms with Crippen LogP contribution in [0.2, 0.25) is 0 Å². The van der Waals surface area contributed by atoms with E-state index in [9.17, 15) is 5.11 Å². The van der Waals surface area contributed by atoms with Gasteiger partial charge in [0.15, 0.2) is 0 Å². The molecule has 0 radical (unpaired) electrons. The van der Waals surface area contributed by atoms with Gasteiger partial charge in [0.2, 0.25) is 5.88 Å². The number of aryl methyl sites for hydroxylation is 1. The quantitative estimate of drug-likeness (QED) is 0.629. The molecule has 0 aromatic carbocycles. The van der Waals surface area contributed by atoms with Gasteiger partial charge in [0.1, 0.15) is 0 Å². The number of hydrogen-bond donors (Lipinski definition) is 1. The summed E-state index contributed by atoms with van der Waals surface area (Å²) in [5.74, 6) is 0.580. The highest BCUT2D eigenvalue weighted by Gasteiger charge is 2.03. The lowest BCUT2D eigenvalue weighted by Gasteiger charge is -2.09. The molecule has 0 fully saturated rings. The van der Waals surface area contributed by atoms with Crippen molar-refractivity contribution in [2.75, 3.05) is 33.5 Å². The van der Waals surface area contributed by atoms with E-state index < -0.39 is 0 Å². The number of pyridine rings is 1. The van der Waals surface area contributed by atoms with Gasteiger partial charge in [0, 0.05) is 31.9 Å². The highest BCUT2D eigenvalue weighted by atomic mass is 16.5. The van der Waals surface area contributed by atoms with E-state index in [-0.39, 0.29) is 6.61 Å². The van der Waals surface area contributed by atoms with E-state index in [0.29, 0.717) is 32.3 Å². The topological polar surface area (TPSA) is 60.8 Å². The van der Waals surface area contributed by atoms with E-state index in [2.05, 4.69) is 11.9 Å². The number of aliphatic hydroxyl groups is 1. The van der Waals surface area contributed by atoms with Crippen molar-refractivity contribution in [1.82, 2.24) is 4.98 Å². The Morgan fingerprint density at radius 2 is 2.00 bits per heavy atom. The van der Waals surface area contributed by atoms with E-state index in [4.69, 9.17) is 14.2 Å². The van der Waals surface area contributed by atoms with Crippen LogP contribution in [-0.4, -0.2) is 43.6 Å². The second-order valence-electron chi connectivity index (χ2n) is 4.52. The van der Waals surface area contributed by atoms with Crippen LogP contribution < -0.4 is 4.74 Å². The Bertz CT molecular complexity index is 371. The maximum Gasteiger partial charge on any atom is 0.213 e. The number of rotatable bonds is 11. The van der Waals surface area contributed by atoms with Gasteiger partial charge in [0.25, 0.3) is 0 Å². The number of nitrogens with zero attached hydrogens (tertiary/aromatic N) is 1. The van der Waals surface area contributed by atoms with Crippen molar-refractivity contribution in [2.45, 2.75) is 32.8 Å². The maximum atomic E-state index is 9.23. The molecule has 0 atom stereocenters. The van der Waals surface area contributed by atoms with E-state index in [1.807, 2.05) is 6.07 Å². The van der Waals surface area contributed by atoms with Gasteiger partial charge in [-0.05, 0) is 18.1 Å². The first-order valence-electron chi connectivity index (χ1n) is 7.10. The number of ether oxygens (including phenoxy) is 3. The number of methoxy groups -OCH3 is 1. The Labute approximate surface area is 120 Å². The maximum absolute atomic E-state index is 9.23. The van der Waals surface area contributed by atoms with Crippen LogP contribution >= 0.6 is 0 Å². The lowest BCUT2D eigenvalue weighted by molar-refractivity contribution is 0.0642. The minimum Gasteiger partial charge on any atom is -0.478 e. The number of hydrogen-bond acceptors (Lipinski definition) is 5. The van der Waals surface area contributed by atoms with Gasteiger partial charge in [-0.3, -0.25) is 0 Å². The first-order chi connectivity index (χ1) is 9.80. The summed E-state index contributed by atoms with van der Waals surface area (Å²) in [7, 11) is 1.65. The molecule has 5 nitrogen and oxygen atoms in total. The Morgan fingerprint density at radius 1 is 1.15 bits per heavy atom. The molecular formula is C15H25NO4. The minimum absolute atomic E-state index is 0.00965. The molecule has 1 aromatic heterocycles. The van der Waals surface area contributed by atoms with Crippen LogP contribution in [-0.2, 0) is 22.5 Å². The highest BCUT2D eigenvalue weighted by Crippen LogP contribution is 2.14. The summed E-state index contributed by atoms with van der Waals surface area (Å²) < 4.78 is 15.9. The minimum atomic E-state index is 0.00965. The predicted octanol–water partition coefficient (Wildman–Crippen LogP) is 1.96. The van der Waals surface area contributed by atoms with Gasteiger partial charge in [0.05, 0.1) is 26.4 Å². The standard InChI is InChI=1S/C15H25NO4/c1-3-5-14-10-13(12-17)11-15(16-14)20-7-4-6-19-9-8-18-2/h10-11,17H,3-9,12H2,1-2H3. The highest BCUT2D eigenvalue weighted by molar-refractivity contribution is 5.24. The summed E-state index contributed by atoms with van der Waals surface area (Å²) in [5.41, 5.74) is 1.81. The van der Waals surface area contributed by atoms with E-state index in [1.54, 1.807) is 13.2 Å². The molecule has 114 valence electrons. The average Bonchev–Trinajstić information content (AvgIpc) is 2.46. The zero-order valence-electron chi connectivity index (χ0n) is 12.4. The van der Waals surface area contributed by atoms with Gasteiger partial charge in [-0.25, -0.2) is 4.98 Å². The van der Waals surface area contributed by atoms with Crippen LogP contribution in [0, 0.1) is 0 Å². The van der Waals surface area contributed by atoms with Crippen LogP contribution in [0.25, 0.3) is 0 Å². The first-order valence-corrected chi connectivity index (χ1v) is 7.10. The fraction of sp³-hybridized carbons (Fsp3) is 0.667. The summed E-state index contributed by atoms with van der Waals surface area (Å²) in [6, 6.07) is 3.70. The second-order valence-corrected chi connectivity index (χ2v) is 4.52. The van der Waals surface area contributed by atoms with E-state index >= 15 is 0 Å². The largest absolute Gasteiger partial charge is 0.478 e. The molecule has 0 amide bonds. The first kappa shape index (κ1) is 16.9. The summed E-state index contributed by atoms with van der Waals surface area (Å²) in [6.45, 7) is 4.53. The number of aromatic nitrogens is 1. The summed E-state index contributed by atoms with van der Waals surface area (Å²) in [4.78, 5) is 4.42. The van der Waals surface area contributed by atoms with Gasteiger partial charge in [-0.15, -0.1) is 0 Å². The summed E-state index contributed by atoms with van der Waals surface area (Å²) >= 11 is 0. The van der Waals surface area contributed by atoms with E-state index in [0.717, 1.165) is 30.5 Å².